The lowest BCUT2D eigenvalue weighted by Gasteiger charge is -2.38. The first kappa shape index (κ1) is 49.5. The number of anilines is 1. The van der Waals surface area contributed by atoms with Crippen LogP contribution >= 0.6 is 15.9 Å². The van der Waals surface area contributed by atoms with Crippen LogP contribution in [0.3, 0.4) is 0 Å². The highest BCUT2D eigenvalue weighted by Crippen LogP contribution is 2.34. The van der Waals surface area contributed by atoms with Gasteiger partial charge in [0, 0.05) is 113 Å². The number of nitrogens with zero attached hydrogens (tertiary/aromatic N) is 16. The first-order valence-corrected chi connectivity index (χ1v) is 29.8. The maximum absolute atomic E-state index is 13.2. The number of aromatic nitrogens is 11. The molecule has 8 aromatic heterocycles. The Morgan fingerprint density at radius 2 is 1.26 bits per heavy atom. The molecule has 6 aliphatic heterocycles. The molecule has 0 unspecified atom stereocenters. The maximum atomic E-state index is 13.2. The molecule has 0 radical (unpaired) electrons. The molecule has 25 heteroatoms. The first-order chi connectivity index (χ1) is 46.4. The highest BCUT2D eigenvalue weighted by Gasteiger charge is 2.45. The number of amides is 4. The number of fused-ring (bicyclic) bond motifs is 6. The van der Waals surface area contributed by atoms with Crippen molar-refractivity contribution in [3.63, 3.8) is 0 Å². The number of nitrogens with one attached hydrogen (secondary N) is 1. The van der Waals surface area contributed by atoms with Crippen molar-refractivity contribution < 1.29 is 46.4 Å². The monoisotopic (exact) mass is 1270 g/mol. The maximum Gasteiger partial charge on any atom is 0.410 e. The largest absolute Gasteiger partial charge is 0.444 e. The molecule has 6 atom stereocenters. The van der Waals surface area contributed by atoms with E-state index in [9.17, 15) is 28.0 Å². The number of pyridine rings is 5. The van der Waals surface area contributed by atoms with Crippen LogP contribution in [0.4, 0.5) is 19.4 Å². The van der Waals surface area contributed by atoms with Gasteiger partial charge in [0.2, 0.25) is 17.7 Å². The van der Waals surface area contributed by atoms with Crippen LogP contribution in [0.5, 0.6) is 0 Å². The number of piperazine rings is 3. The van der Waals surface area contributed by atoms with Crippen molar-refractivity contribution in [3.8, 4) is 11.8 Å². The van der Waals surface area contributed by atoms with E-state index in [1.165, 1.54) is 59.9 Å². The fraction of sp³-hybridized carbons (Fsp3) is 0.460. The zero-order valence-corrected chi connectivity index (χ0v) is 50.2. The van der Waals surface area contributed by atoms with Gasteiger partial charge < -0.3 is 34.6 Å². The zero-order valence-electron chi connectivity index (χ0n) is 58.6. The van der Waals surface area contributed by atoms with Gasteiger partial charge in [0.05, 0.1) is 38.7 Å². The third kappa shape index (κ3) is 14.7. The summed E-state index contributed by atoms with van der Waals surface area (Å²) in [6.45, 7) is 10.7. The number of aryl methyl sites for hydroxylation is 2. The second kappa shape index (κ2) is 27.7. The lowest BCUT2D eigenvalue weighted by Crippen LogP contribution is -2.54. The normalized spacial score (nSPS) is 23.7. The van der Waals surface area contributed by atoms with Crippen molar-refractivity contribution in [2.45, 2.75) is 109 Å². The van der Waals surface area contributed by atoms with Crippen LogP contribution in [0.1, 0.15) is 102 Å². The van der Waals surface area contributed by atoms with Gasteiger partial charge in [-0.2, -0.15) is 15.3 Å². The van der Waals surface area contributed by atoms with Gasteiger partial charge in [-0.15, -0.1) is 0 Å². The SMILES string of the molecule is CC(C)(C)OC(=O)N1CCN2C(=O)[C@@H](CC#Cc3cccn4ncnc34)C[C@H]2C1.Fc1ccc(Br)nc1.[2H]c1ccc(C([2H])([2H])C([2H])([2H])C[C@H]2C[C@H]3CN(c4ccc(F)cn4)CCN3C2=O)c2ncnn12.[2H]c1ccc(C([2H])([2H])C([2H])([2H])C[C@H]2C[C@H]3CNCCN3C2=O)c2ncnn12. The number of carbonyl (C=O) groups is 4. The number of rotatable bonds is 10. The molecule has 1 N–H and O–H groups in total. The van der Waals surface area contributed by atoms with Crippen LogP contribution in [-0.4, -0.2) is 180 Å². The van der Waals surface area contributed by atoms with Crippen molar-refractivity contribution in [1.29, 1.82) is 0 Å². The minimum Gasteiger partial charge on any atom is -0.444 e. The summed E-state index contributed by atoms with van der Waals surface area (Å²) in [5, 5.41) is 15.2. The van der Waals surface area contributed by atoms with Crippen molar-refractivity contribution in [2.24, 2.45) is 17.8 Å². The Balaban J connectivity index is 0.000000141. The van der Waals surface area contributed by atoms with Crippen LogP contribution < -0.4 is 10.2 Å². The smallest absolute Gasteiger partial charge is 0.410 e. The summed E-state index contributed by atoms with van der Waals surface area (Å²) in [5.74, 6) is 4.70. The summed E-state index contributed by atoms with van der Waals surface area (Å²) < 4.78 is 120. The molecule has 6 fully saturated rings. The van der Waals surface area contributed by atoms with E-state index in [4.69, 9.17) is 18.4 Å². The molecule has 460 valence electrons. The molecular formula is C63H72BrF2N17O5. The molecule has 0 spiro atoms. The number of hydrogen-bond donors (Lipinski definition) is 1. The van der Waals surface area contributed by atoms with Crippen LogP contribution in [-0.2, 0) is 31.9 Å². The average Bonchev–Trinajstić information content (AvgIpc) is 1.31. The lowest BCUT2D eigenvalue weighted by molar-refractivity contribution is -0.134. The van der Waals surface area contributed by atoms with Crippen molar-refractivity contribution in [1.82, 2.24) is 78.7 Å². The van der Waals surface area contributed by atoms with Gasteiger partial charge in [-0.05, 0) is 154 Å². The van der Waals surface area contributed by atoms with E-state index < -0.39 is 48.7 Å². The Kier molecular flexibility index (Phi) is 15.6. The van der Waals surface area contributed by atoms with E-state index in [1.54, 1.807) is 31.3 Å². The number of halogens is 3. The van der Waals surface area contributed by atoms with Gasteiger partial charge >= 0.3 is 6.09 Å². The zero-order chi connectivity index (χ0) is 70.2. The summed E-state index contributed by atoms with van der Waals surface area (Å²) in [6.07, 6.45) is -0.0956. The van der Waals surface area contributed by atoms with E-state index in [0.717, 1.165) is 29.0 Å². The molecule has 14 heterocycles. The Bertz CT molecular complexity index is 4290. The topological polar surface area (TPSA) is 222 Å². The Morgan fingerprint density at radius 1 is 0.682 bits per heavy atom. The average molecular weight is 1280 g/mol. The molecular weight excluding hydrogens is 1190 g/mol. The predicted octanol–water partition coefficient (Wildman–Crippen LogP) is 7.12. The lowest BCUT2D eigenvalue weighted by atomic mass is 9.96. The molecule has 14 rings (SSSR count). The Morgan fingerprint density at radius 3 is 1.88 bits per heavy atom. The minimum atomic E-state index is -2.47. The van der Waals surface area contributed by atoms with Gasteiger partial charge in [-0.3, -0.25) is 14.4 Å². The molecule has 8 aromatic rings. The molecule has 0 aromatic carbocycles. The highest BCUT2D eigenvalue weighted by atomic mass is 79.9. The number of ether oxygens (including phenoxy) is 1. The Labute approximate surface area is 531 Å². The summed E-state index contributed by atoms with van der Waals surface area (Å²) in [6, 6.07) is 15.0. The molecule has 6 aliphatic rings. The molecule has 0 bridgehead atoms. The van der Waals surface area contributed by atoms with Gasteiger partial charge in [-0.25, -0.2) is 52.0 Å². The molecule has 0 saturated carbocycles. The molecule has 4 amide bonds. The Hall–Kier alpha value is -8.50. The van der Waals surface area contributed by atoms with Gasteiger partial charge in [-0.1, -0.05) is 24.0 Å². The van der Waals surface area contributed by atoms with Crippen LogP contribution in [0.25, 0.3) is 16.9 Å². The standard InChI is InChI=1S/C21H23FN6O.C21H25N5O3.C16H21N5O.C5H3BrFN/c22-17-6-7-19(23-12-17)26-9-10-27-18(13-26)11-16(21(27)29)4-1-3-15-5-2-8-28-20(15)24-14-25-28;1-21(2,3)29-20(28)24-10-11-25-17(13-24)12-16(19(25)27)7-4-6-15-8-5-9-26-18(15)22-14-23-26;22-16-13(9-14-10-17-6-8-20(14)16)4-1-3-12-5-2-7-21-15(12)18-11-19-21;6-5-2-1-4(7)3-8-5/h2,5-8,12,14,16,18H,1,3-4,9-11,13H2;5,8-9,14,16-17H,7,10-13H2,1-3H3;2,5,7,11,13-14,17H,1,3-4,6,8-10H2;1-3H/t16-,18-;16-,17-;13-,14-;/m000./s1/i1D2,3D2,8D;;1D2,3D2,7D;. The quantitative estimate of drug-likeness (QED) is 0.106. The van der Waals surface area contributed by atoms with Crippen molar-refractivity contribution >= 4 is 62.5 Å². The third-order valence-electron chi connectivity index (χ3n) is 15.8. The van der Waals surface area contributed by atoms with Gasteiger partial charge in [0.15, 0.2) is 16.9 Å². The van der Waals surface area contributed by atoms with E-state index in [2.05, 4.69) is 73.3 Å². The highest BCUT2D eigenvalue weighted by molar-refractivity contribution is 9.10. The van der Waals surface area contributed by atoms with Crippen LogP contribution in [0.2, 0.25) is 0 Å². The minimum absolute atomic E-state index is 0.00987. The van der Waals surface area contributed by atoms with Crippen LogP contribution in [0.15, 0.2) is 115 Å². The summed E-state index contributed by atoms with van der Waals surface area (Å²) in [4.78, 5) is 79.9. The third-order valence-corrected chi connectivity index (χ3v) is 16.2. The predicted molar refractivity (Wildman–Crippen MR) is 326 cm³/mol. The molecule has 0 aliphatic carbocycles. The number of hydrogen-bond acceptors (Lipinski definition) is 15. The van der Waals surface area contributed by atoms with E-state index >= 15 is 0 Å². The second-order valence-corrected chi connectivity index (χ2v) is 23.6. The van der Waals surface area contributed by atoms with Gasteiger partial charge in [0.25, 0.3) is 0 Å². The summed E-state index contributed by atoms with van der Waals surface area (Å²) >= 11 is 3.07. The van der Waals surface area contributed by atoms with Crippen molar-refractivity contribution in [3.05, 3.63) is 144 Å². The van der Waals surface area contributed by atoms with Gasteiger partial charge in [0.1, 0.15) is 46.6 Å². The second-order valence-electron chi connectivity index (χ2n) is 22.8. The molecule has 22 nitrogen and oxygen atoms in total. The fourth-order valence-electron chi connectivity index (χ4n) is 11.6. The summed E-state index contributed by atoms with van der Waals surface area (Å²) in [5.41, 5.74) is 1.21. The first-order valence-electron chi connectivity index (χ1n) is 34.0. The molecule has 6 saturated heterocycles. The fourth-order valence-corrected chi connectivity index (χ4v) is 11.8. The van der Waals surface area contributed by atoms with Crippen molar-refractivity contribution in [2.75, 3.05) is 63.8 Å². The van der Waals surface area contributed by atoms with E-state index in [-0.39, 0.29) is 101 Å². The van der Waals surface area contributed by atoms with E-state index in [0.29, 0.717) is 94.1 Å². The van der Waals surface area contributed by atoms with Crippen LogP contribution in [0, 0.1) is 41.2 Å². The molecule has 88 heavy (non-hydrogen) atoms. The van der Waals surface area contributed by atoms with E-state index in [1.807, 2.05) is 48.9 Å². The number of carbonyl (C=O) groups excluding carboxylic acids is 4. The summed E-state index contributed by atoms with van der Waals surface area (Å²) in [7, 11) is 0.